The van der Waals surface area contributed by atoms with E-state index >= 15 is 0 Å². The first-order valence-corrected chi connectivity index (χ1v) is 5.47. The zero-order valence-electron chi connectivity index (χ0n) is 9.94. The van der Waals surface area contributed by atoms with Gasteiger partial charge < -0.3 is 9.47 Å². The Kier molecular flexibility index (Phi) is 4.11. The summed E-state index contributed by atoms with van der Waals surface area (Å²) in [6.45, 7) is 0.131. The van der Waals surface area contributed by atoms with Crippen molar-refractivity contribution < 1.29 is 4.79 Å². The van der Waals surface area contributed by atoms with E-state index in [9.17, 15) is 14.4 Å². The van der Waals surface area contributed by atoms with Gasteiger partial charge in [0.1, 0.15) is 5.88 Å². The lowest BCUT2D eigenvalue weighted by Crippen LogP contribution is -2.40. The average Bonchev–Trinajstić information content (AvgIpc) is 2.32. The maximum Gasteiger partial charge on any atom is 0.330 e. The largest absolute Gasteiger partial charge is 0.340 e. The molecule has 0 spiro atoms. The van der Waals surface area contributed by atoms with Gasteiger partial charge in [0.15, 0.2) is 0 Å². The highest BCUT2D eigenvalue weighted by molar-refractivity contribution is 6.27. The molecule has 6 nitrogen and oxygen atoms in total. The molecule has 0 saturated carbocycles. The van der Waals surface area contributed by atoms with E-state index < -0.39 is 11.2 Å². The second-order valence-corrected chi connectivity index (χ2v) is 4.06. The Bertz CT molecular complexity index is 547. The molecule has 0 aromatic carbocycles. The van der Waals surface area contributed by atoms with Crippen molar-refractivity contribution in [3.05, 3.63) is 32.6 Å². The molecule has 0 N–H and O–H groups in total. The molecule has 0 radical (unpaired) electrons. The fourth-order valence-electron chi connectivity index (χ4n) is 1.44. The fraction of sp³-hybridized carbons (Fsp3) is 0.500. The quantitative estimate of drug-likeness (QED) is 0.673. The molecule has 0 atom stereocenters. The molecule has 0 unspecified atom stereocenters. The van der Waals surface area contributed by atoms with E-state index in [1.165, 1.54) is 22.7 Å². The summed E-state index contributed by atoms with van der Waals surface area (Å²) in [7, 11) is 4.50. The summed E-state index contributed by atoms with van der Waals surface area (Å²) >= 11 is 5.41. The number of hydrogen-bond donors (Lipinski definition) is 0. The summed E-state index contributed by atoms with van der Waals surface area (Å²) in [5, 5.41) is 0. The highest BCUT2D eigenvalue weighted by atomic mass is 35.5. The number of rotatable bonds is 3. The minimum atomic E-state index is -0.401. The number of aryl methyl sites for hydroxylation is 1. The topological polar surface area (TPSA) is 64.3 Å². The molecule has 1 heterocycles. The van der Waals surface area contributed by atoms with Gasteiger partial charge in [-0.15, -0.1) is 11.6 Å². The first-order valence-electron chi connectivity index (χ1n) is 4.94. The average molecular weight is 260 g/mol. The number of aromatic nitrogens is 2. The standard InChI is InChI=1S/C10H14ClN3O3/c1-12(8(15)4-11)5-7-6-13(2)10(17)14(3)9(7)16/h6H,4-5H2,1-3H3. The minimum absolute atomic E-state index is 0.131. The lowest BCUT2D eigenvalue weighted by molar-refractivity contribution is -0.127. The second kappa shape index (κ2) is 5.18. The van der Waals surface area contributed by atoms with Gasteiger partial charge in [0, 0.05) is 27.3 Å². The fourth-order valence-corrected chi connectivity index (χ4v) is 1.64. The lowest BCUT2D eigenvalue weighted by Gasteiger charge is -2.16. The third-order valence-corrected chi connectivity index (χ3v) is 2.69. The second-order valence-electron chi connectivity index (χ2n) is 3.80. The molecule has 0 fully saturated rings. The molecule has 7 heteroatoms. The Labute approximate surface area is 103 Å². The molecule has 0 aliphatic carbocycles. The summed E-state index contributed by atoms with van der Waals surface area (Å²) in [6.07, 6.45) is 1.43. The number of nitrogens with zero attached hydrogens (tertiary/aromatic N) is 3. The number of amides is 1. The van der Waals surface area contributed by atoms with Crippen molar-refractivity contribution in [1.82, 2.24) is 14.0 Å². The van der Waals surface area contributed by atoms with E-state index in [4.69, 9.17) is 11.6 Å². The Morgan fingerprint density at radius 1 is 1.41 bits per heavy atom. The van der Waals surface area contributed by atoms with Crippen molar-refractivity contribution >= 4 is 17.5 Å². The Morgan fingerprint density at radius 3 is 2.53 bits per heavy atom. The van der Waals surface area contributed by atoms with Gasteiger partial charge >= 0.3 is 5.69 Å². The number of alkyl halides is 1. The van der Waals surface area contributed by atoms with Crippen LogP contribution in [0.15, 0.2) is 15.8 Å². The zero-order valence-corrected chi connectivity index (χ0v) is 10.7. The van der Waals surface area contributed by atoms with Crippen LogP contribution >= 0.6 is 11.6 Å². The van der Waals surface area contributed by atoms with Crippen molar-refractivity contribution in [2.45, 2.75) is 6.54 Å². The van der Waals surface area contributed by atoms with Crippen molar-refractivity contribution in [3.8, 4) is 0 Å². The van der Waals surface area contributed by atoms with E-state index in [0.717, 1.165) is 4.57 Å². The van der Waals surface area contributed by atoms with Crippen LogP contribution in [-0.2, 0) is 25.4 Å². The Balaban J connectivity index is 3.13. The van der Waals surface area contributed by atoms with E-state index in [-0.39, 0.29) is 18.3 Å². The van der Waals surface area contributed by atoms with Crippen molar-refractivity contribution in [1.29, 1.82) is 0 Å². The van der Waals surface area contributed by atoms with Gasteiger partial charge in [0.05, 0.1) is 12.1 Å². The summed E-state index contributed by atoms with van der Waals surface area (Å²) in [5.74, 6) is -0.412. The number of hydrogen-bond acceptors (Lipinski definition) is 3. The molecule has 1 aromatic rings. The Hall–Kier alpha value is -1.56. The van der Waals surface area contributed by atoms with Gasteiger partial charge in [-0.1, -0.05) is 0 Å². The molecule has 17 heavy (non-hydrogen) atoms. The third kappa shape index (κ3) is 2.76. The van der Waals surface area contributed by atoms with Gasteiger partial charge in [-0.25, -0.2) is 4.79 Å². The lowest BCUT2D eigenvalue weighted by atomic mass is 10.3. The Morgan fingerprint density at radius 2 is 2.00 bits per heavy atom. The molecule has 1 amide bonds. The monoisotopic (exact) mass is 259 g/mol. The van der Waals surface area contributed by atoms with Crippen LogP contribution in [0.5, 0.6) is 0 Å². The predicted octanol–water partition coefficient (Wildman–Crippen LogP) is -0.719. The SMILES string of the molecule is CN(Cc1cn(C)c(=O)n(C)c1=O)C(=O)CCl. The molecule has 0 bridgehead atoms. The highest BCUT2D eigenvalue weighted by Crippen LogP contribution is 1.97. The van der Waals surface area contributed by atoms with Gasteiger partial charge in [-0.3, -0.25) is 14.2 Å². The van der Waals surface area contributed by atoms with Crippen LogP contribution in [0.2, 0.25) is 0 Å². The minimum Gasteiger partial charge on any atom is -0.340 e. The summed E-state index contributed by atoms with van der Waals surface area (Å²) in [5.41, 5.74) is -0.428. The normalized spacial score (nSPS) is 10.4. The molecule has 1 rings (SSSR count). The van der Waals surface area contributed by atoms with Crippen molar-refractivity contribution in [3.63, 3.8) is 0 Å². The van der Waals surface area contributed by atoms with Crippen molar-refractivity contribution in [2.75, 3.05) is 12.9 Å². The van der Waals surface area contributed by atoms with Crippen LogP contribution in [0.3, 0.4) is 0 Å². The van der Waals surface area contributed by atoms with Crippen LogP contribution in [-0.4, -0.2) is 32.9 Å². The van der Waals surface area contributed by atoms with Gasteiger partial charge in [-0.2, -0.15) is 0 Å². The first kappa shape index (κ1) is 13.5. The van der Waals surface area contributed by atoms with Crippen LogP contribution < -0.4 is 11.2 Å². The smallest absolute Gasteiger partial charge is 0.330 e. The molecule has 0 aliphatic heterocycles. The third-order valence-electron chi connectivity index (χ3n) is 2.47. The van der Waals surface area contributed by atoms with Crippen LogP contribution in [0.4, 0.5) is 0 Å². The van der Waals surface area contributed by atoms with E-state index in [2.05, 4.69) is 0 Å². The molecule has 1 aromatic heterocycles. The number of carbonyl (C=O) groups excluding carboxylic acids is 1. The number of halogens is 1. The van der Waals surface area contributed by atoms with Crippen LogP contribution in [0, 0.1) is 0 Å². The molecular weight excluding hydrogens is 246 g/mol. The highest BCUT2D eigenvalue weighted by Gasteiger charge is 2.12. The molecular formula is C10H14ClN3O3. The molecule has 94 valence electrons. The zero-order chi connectivity index (χ0) is 13.2. The van der Waals surface area contributed by atoms with Crippen LogP contribution in [0.25, 0.3) is 0 Å². The van der Waals surface area contributed by atoms with Gasteiger partial charge in [0.2, 0.25) is 5.91 Å². The van der Waals surface area contributed by atoms with Gasteiger partial charge in [-0.05, 0) is 0 Å². The molecule has 0 saturated heterocycles. The first-order chi connectivity index (χ1) is 7.88. The summed E-state index contributed by atoms with van der Waals surface area (Å²) < 4.78 is 2.31. The van der Waals surface area contributed by atoms with E-state index in [1.807, 2.05) is 0 Å². The van der Waals surface area contributed by atoms with Gasteiger partial charge in [0.25, 0.3) is 5.56 Å². The molecule has 0 aliphatic rings. The maximum atomic E-state index is 11.8. The predicted molar refractivity (Wildman–Crippen MR) is 64.1 cm³/mol. The maximum absolute atomic E-state index is 11.8. The summed E-state index contributed by atoms with van der Waals surface area (Å²) in [6, 6.07) is 0. The van der Waals surface area contributed by atoms with E-state index in [1.54, 1.807) is 14.1 Å². The van der Waals surface area contributed by atoms with E-state index in [0.29, 0.717) is 5.56 Å². The number of carbonyl (C=O) groups is 1. The summed E-state index contributed by atoms with van der Waals surface area (Å²) in [4.78, 5) is 35.8. The van der Waals surface area contributed by atoms with Crippen molar-refractivity contribution in [2.24, 2.45) is 14.1 Å². The van der Waals surface area contributed by atoms with Crippen LogP contribution in [0.1, 0.15) is 5.56 Å².